The van der Waals surface area contributed by atoms with E-state index in [9.17, 15) is 0 Å². The predicted octanol–water partition coefficient (Wildman–Crippen LogP) is 4.34. The van der Waals surface area contributed by atoms with Crippen molar-refractivity contribution in [1.82, 2.24) is 10.1 Å². The molecule has 0 spiro atoms. The van der Waals surface area contributed by atoms with Gasteiger partial charge >= 0.3 is 0 Å². The van der Waals surface area contributed by atoms with Crippen LogP contribution in [0, 0.1) is 6.92 Å². The largest absolute Gasteiger partial charge is 0.360 e. The molecule has 0 N–H and O–H groups in total. The zero-order valence-corrected chi connectivity index (χ0v) is 11.9. The number of pyridine rings is 1. The Morgan fingerprint density at radius 2 is 1.95 bits per heavy atom. The molecule has 3 nitrogen and oxygen atoms in total. The fourth-order valence-corrected chi connectivity index (χ4v) is 2.53. The van der Waals surface area contributed by atoms with Gasteiger partial charge in [-0.3, -0.25) is 0 Å². The molecule has 3 aromatic rings. The molecule has 0 amide bonds. The first-order valence-corrected chi connectivity index (χ1v) is 7.36. The second-order valence-corrected chi connectivity index (χ2v) is 5.50. The van der Waals surface area contributed by atoms with Gasteiger partial charge in [0.25, 0.3) is 0 Å². The van der Waals surface area contributed by atoms with Gasteiger partial charge in [0, 0.05) is 17.8 Å². The molecular weight excluding hydrogens is 268 g/mol. The molecule has 0 atom stereocenters. The van der Waals surface area contributed by atoms with Crippen LogP contribution in [0.5, 0.6) is 0 Å². The molecule has 0 bridgehead atoms. The van der Waals surface area contributed by atoms with E-state index >= 15 is 0 Å². The van der Waals surface area contributed by atoms with Crippen LogP contribution in [0.4, 0.5) is 0 Å². The van der Waals surface area contributed by atoms with E-state index in [-0.39, 0.29) is 0 Å². The zero-order valence-electron chi connectivity index (χ0n) is 11.1. The minimum Gasteiger partial charge on any atom is -0.360 e. The summed E-state index contributed by atoms with van der Waals surface area (Å²) in [7, 11) is 0. The average molecular weight is 282 g/mol. The van der Waals surface area contributed by atoms with Crippen LogP contribution in [-0.2, 0) is 5.75 Å². The van der Waals surface area contributed by atoms with Crippen LogP contribution >= 0.6 is 11.8 Å². The van der Waals surface area contributed by atoms with Crippen molar-refractivity contribution < 1.29 is 4.52 Å². The van der Waals surface area contributed by atoms with E-state index in [1.54, 1.807) is 11.8 Å². The van der Waals surface area contributed by atoms with E-state index in [4.69, 9.17) is 4.52 Å². The smallest absolute Gasteiger partial charge is 0.147 e. The van der Waals surface area contributed by atoms with Crippen molar-refractivity contribution in [2.45, 2.75) is 17.7 Å². The second-order valence-electron chi connectivity index (χ2n) is 4.51. The van der Waals surface area contributed by atoms with Crippen molar-refractivity contribution in [1.29, 1.82) is 0 Å². The summed E-state index contributed by atoms with van der Waals surface area (Å²) in [5, 5.41) is 5.10. The Hall–Kier alpha value is -2.07. The Kier molecular flexibility index (Phi) is 3.83. The summed E-state index contributed by atoms with van der Waals surface area (Å²) in [6, 6.07) is 16.1. The summed E-state index contributed by atoms with van der Waals surface area (Å²) >= 11 is 1.65. The quantitative estimate of drug-likeness (QED) is 0.667. The Balaban J connectivity index is 1.67. The van der Waals surface area contributed by atoms with Crippen LogP contribution in [-0.4, -0.2) is 10.1 Å². The van der Waals surface area contributed by atoms with Crippen molar-refractivity contribution in [2.24, 2.45) is 0 Å². The predicted molar refractivity (Wildman–Crippen MR) is 80.5 cm³/mol. The Bertz CT molecular complexity index is 677. The standard InChI is InChI=1S/C16H14N2OS/c1-12-7-8-16(17-10-12)20-11-14-9-15(18-19-14)13-5-3-2-4-6-13/h2-10H,11H2,1H3. The van der Waals surface area contributed by atoms with Gasteiger partial charge in [-0.25, -0.2) is 4.98 Å². The van der Waals surface area contributed by atoms with E-state index in [0.29, 0.717) is 0 Å². The summed E-state index contributed by atoms with van der Waals surface area (Å²) in [4.78, 5) is 4.36. The Labute approximate surface area is 122 Å². The molecule has 0 saturated carbocycles. The van der Waals surface area contributed by atoms with Crippen molar-refractivity contribution in [3.63, 3.8) is 0 Å². The minimum atomic E-state index is 0.732. The maximum atomic E-state index is 5.37. The van der Waals surface area contributed by atoms with Crippen LogP contribution in [0.1, 0.15) is 11.3 Å². The number of rotatable bonds is 4. The summed E-state index contributed by atoms with van der Waals surface area (Å²) in [5.74, 6) is 1.59. The van der Waals surface area contributed by atoms with Crippen molar-refractivity contribution in [2.75, 3.05) is 0 Å². The van der Waals surface area contributed by atoms with E-state index in [0.717, 1.165) is 27.8 Å². The van der Waals surface area contributed by atoms with Crippen LogP contribution in [0.25, 0.3) is 11.3 Å². The number of benzene rings is 1. The molecule has 0 fully saturated rings. The van der Waals surface area contributed by atoms with E-state index in [2.05, 4.69) is 16.2 Å². The maximum absolute atomic E-state index is 5.37. The fourth-order valence-electron chi connectivity index (χ4n) is 1.81. The molecule has 1 aromatic carbocycles. The maximum Gasteiger partial charge on any atom is 0.147 e. The van der Waals surface area contributed by atoms with Crippen LogP contribution < -0.4 is 0 Å². The highest BCUT2D eigenvalue weighted by molar-refractivity contribution is 7.98. The highest BCUT2D eigenvalue weighted by atomic mass is 32.2. The molecule has 3 rings (SSSR count). The number of aromatic nitrogens is 2. The molecular formula is C16H14N2OS. The van der Waals surface area contributed by atoms with E-state index in [1.807, 2.05) is 55.6 Å². The molecule has 20 heavy (non-hydrogen) atoms. The lowest BCUT2D eigenvalue weighted by molar-refractivity contribution is 0.397. The van der Waals surface area contributed by atoms with Gasteiger partial charge in [-0.2, -0.15) is 0 Å². The van der Waals surface area contributed by atoms with Crippen LogP contribution in [0.3, 0.4) is 0 Å². The van der Waals surface area contributed by atoms with Gasteiger partial charge in [-0.15, -0.1) is 0 Å². The molecule has 100 valence electrons. The highest BCUT2D eigenvalue weighted by Crippen LogP contribution is 2.24. The molecule has 0 radical (unpaired) electrons. The van der Waals surface area contributed by atoms with Crippen molar-refractivity contribution in [3.05, 3.63) is 66.1 Å². The highest BCUT2D eigenvalue weighted by Gasteiger charge is 2.07. The molecule has 2 heterocycles. The lowest BCUT2D eigenvalue weighted by Gasteiger charge is -1.98. The second kappa shape index (κ2) is 5.92. The third-order valence-electron chi connectivity index (χ3n) is 2.88. The van der Waals surface area contributed by atoms with Gasteiger partial charge in [-0.1, -0.05) is 53.3 Å². The monoisotopic (exact) mass is 282 g/mol. The molecule has 0 unspecified atom stereocenters. The third kappa shape index (κ3) is 3.08. The summed E-state index contributed by atoms with van der Waals surface area (Å²) in [6.07, 6.45) is 1.87. The van der Waals surface area contributed by atoms with Gasteiger partial charge in [0.05, 0.1) is 10.8 Å². The van der Waals surface area contributed by atoms with Crippen LogP contribution in [0.2, 0.25) is 0 Å². The molecule has 2 aromatic heterocycles. The fraction of sp³-hybridized carbons (Fsp3) is 0.125. The normalized spacial score (nSPS) is 10.7. The topological polar surface area (TPSA) is 38.9 Å². The Morgan fingerprint density at radius 3 is 2.70 bits per heavy atom. The molecule has 0 saturated heterocycles. The van der Waals surface area contributed by atoms with E-state index in [1.165, 1.54) is 5.56 Å². The minimum absolute atomic E-state index is 0.732. The number of aryl methyl sites for hydroxylation is 1. The first kappa shape index (κ1) is 12.9. The number of hydrogen-bond acceptors (Lipinski definition) is 4. The SMILES string of the molecule is Cc1ccc(SCc2cc(-c3ccccc3)no2)nc1. The van der Waals surface area contributed by atoms with Gasteiger partial charge in [-0.05, 0) is 18.6 Å². The van der Waals surface area contributed by atoms with Gasteiger partial charge in [0.15, 0.2) is 0 Å². The third-order valence-corrected chi connectivity index (χ3v) is 3.84. The lowest BCUT2D eigenvalue weighted by atomic mass is 10.1. The summed E-state index contributed by atoms with van der Waals surface area (Å²) in [6.45, 7) is 2.03. The van der Waals surface area contributed by atoms with Crippen LogP contribution in [0.15, 0.2) is 64.3 Å². The first-order valence-electron chi connectivity index (χ1n) is 6.38. The van der Waals surface area contributed by atoms with Gasteiger partial charge in [0.2, 0.25) is 0 Å². The number of nitrogens with zero attached hydrogens (tertiary/aromatic N) is 2. The van der Waals surface area contributed by atoms with E-state index < -0.39 is 0 Å². The average Bonchev–Trinajstić information content (AvgIpc) is 2.97. The summed E-state index contributed by atoms with van der Waals surface area (Å²) < 4.78 is 5.37. The first-order chi connectivity index (χ1) is 9.81. The molecule has 0 aliphatic heterocycles. The van der Waals surface area contributed by atoms with Crippen molar-refractivity contribution >= 4 is 11.8 Å². The summed E-state index contributed by atoms with van der Waals surface area (Å²) in [5.41, 5.74) is 3.11. The molecule has 0 aliphatic carbocycles. The Morgan fingerprint density at radius 1 is 1.10 bits per heavy atom. The number of hydrogen-bond donors (Lipinski definition) is 0. The zero-order chi connectivity index (χ0) is 13.8. The van der Waals surface area contributed by atoms with Gasteiger partial charge < -0.3 is 4.52 Å². The lowest BCUT2D eigenvalue weighted by Crippen LogP contribution is -1.82. The molecule has 0 aliphatic rings. The van der Waals surface area contributed by atoms with Crippen molar-refractivity contribution in [3.8, 4) is 11.3 Å². The number of thioether (sulfide) groups is 1. The molecule has 4 heteroatoms. The van der Waals surface area contributed by atoms with Gasteiger partial charge in [0.1, 0.15) is 11.5 Å².